The van der Waals surface area contributed by atoms with Crippen LogP contribution < -0.4 is 15.8 Å². The number of nitrogen functional groups attached to an aromatic ring is 1. The average molecular weight is 428 g/mol. The van der Waals surface area contributed by atoms with Crippen LogP contribution in [0.4, 0.5) is 10.5 Å². The molecule has 0 spiro atoms. The molecule has 1 saturated heterocycles. The fourth-order valence-electron chi connectivity index (χ4n) is 3.19. The largest absolute Gasteiger partial charge is 0.496 e. The molecule has 0 radical (unpaired) electrons. The highest BCUT2D eigenvalue weighted by molar-refractivity contribution is 6.33. The van der Waals surface area contributed by atoms with Crippen molar-refractivity contribution >= 4 is 29.3 Å². The van der Waals surface area contributed by atoms with Crippen molar-refractivity contribution in [2.45, 2.75) is 38.9 Å². The van der Waals surface area contributed by atoms with Crippen LogP contribution in [0, 0.1) is 5.92 Å². The lowest BCUT2D eigenvalue weighted by Crippen LogP contribution is -2.51. The molecule has 2 amide bonds. The standard InChI is InChI=1S/C20H30ClN3O5/c1-20(2,3)29-19(26)24-7-6-12(17(11-24)28-5)10-23-18(25)13-8-14(21)15(22)9-16(13)27-4/h8-9,12,17H,6-7,10-11,22H2,1-5H3,(H,23,25)/t12-,17-/m0/s1. The normalized spacial score (nSPS) is 19.6. The number of hydrogen-bond acceptors (Lipinski definition) is 6. The summed E-state index contributed by atoms with van der Waals surface area (Å²) in [6.45, 7) is 6.83. The highest BCUT2D eigenvalue weighted by Crippen LogP contribution is 2.29. The Hall–Kier alpha value is -2.19. The molecule has 1 aromatic carbocycles. The summed E-state index contributed by atoms with van der Waals surface area (Å²) in [5, 5.41) is 3.19. The molecule has 2 rings (SSSR count). The van der Waals surface area contributed by atoms with E-state index >= 15 is 0 Å². The Morgan fingerprint density at radius 3 is 2.59 bits per heavy atom. The van der Waals surface area contributed by atoms with Gasteiger partial charge in [-0.2, -0.15) is 0 Å². The topological polar surface area (TPSA) is 103 Å². The van der Waals surface area contributed by atoms with Crippen molar-refractivity contribution in [3.63, 3.8) is 0 Å². The lowest BCUT2D eigenvalue weighted by Gasteiger charge is -2.38. The molecule has 3 N–H and O–H groups in total. The van der Waals surface area contributed by atoms with Crippen molar-refractivity contribution in [3.05, 3.63) is 22.7 Å². The van der Waals surface area contributed by atoms with Crippen molar-refractivity contribution in [3.8, 4) is 5.75 Å². The number of nitrogens with two attached hydrogens (primary N) is 1. The monoisotopic (exact) mass is 427 g/mol. The Bertz CT molecular complexity index is 750. The molecule has 0 bridgehead atoms. The van der Waals surface area contributed by atoms with Gasteiger partial charge in [-0.1, -0.05) is 11.6 Å². The van der Waals surface area contributed by atoms with E-state index in [1.54, 1.807) is 12.0 Å². The van der Waals surface area contributed by atoms with E-state index in [0.29, 0.717) is 43.1 Å². The molecule has 29 heavy (non-hydrogen) atoms. The number of carbonyl (C=O) groups is 2. The van der Waals surface area contributed by atoms with Crippen LogP contribution in [0.1, 0.15) is 37.6 Å². The second kappa shape index (κ2) is 9.54. The van der Waals surface area contributed by atoms with Gasteiger partial charge in [0.2, 0.25) is 0 Å². The molecular weight excluding hydrogens is 398 g/mol. The van der Waals surface area contributed by atoms with E-state index in [9.17, 15) is 9.59 Å². The fraction of sp³-hybridized carbons (Fsp3) is 0.600. The smallest absolute Gasteiger partial charge is 0.410 e. The Balaban J connectivity index is 1.98. The number of carbonyl (C=O) groups excluding carboxylic acids is 2. The van der Waals surface area contributed by atoms with Crippen molar-refractivity contribution in [2.24, 2.45) is 5.92 Å². The molecule has 162 valence electrons. The van der Waals surface area contributed by atoms with Crippen LogP contribution >= 0.6 is 11.6 Å². The first kappa shape index (κ1) is 23.1. The molecule has 0 aromatic heterocycles. The fourth-order valence-corrected chi connectivity index (χ4v) is 3.36. The molecule has 1 aliphatic rings. The zero-order valence-corrected chi connectivity index (χ0v) is 18.3. The summed E-state index contributed by atoms with van der Waals surface area (Å²) in [6.07, 6.45) is 0.106. The number of rotatable bonds is 5. The van der Waals surface area contributed by atoms with E-state index in [1.165, 1.54) is 19.2 Å². The van der Waals surface area contributed by atoms with Crippen LogP contribution in [0.15, 0.2) is 12.1 Å². The maximum Gasteiger partial charge on any atom is 0.410 e. The number of piperidine rings is 1. The summed E-state index contributed by atoms with van der Waals surface area (Å²) in [5.41, 5.74) is 5.87. The third-order valence-corrected chi connectivity index (χ3v) is 5.07. The first-order chi connectivity index (χ1) is 13.6. The number of anilines is 1. The molecule has 1 fully saturated rings. The van der Waals surface area contributed by atoms with Crippen LogP contribution in [0.5, 0.6) is 5.75 Å². The van der Waals surface area contributed by atoms with Crippen LogP contribution in [0.3, 0.4) is 0 Å². The third kappa shape index (κ3) is 6.14. The molecule has 2 atom stereocenters. The predicted molar refractivity (Wildman–Crippen MR) is 111 cm³/mol. The van der Waals surface area contributed by atoms with Crippen LogP contribution in [-0.2, 0) is 9.47 Å². The molecule has 1 aliphatic heterocycles. The highest BCUT2D eigenvalue weighted by atomic mass is 35.5. The molecule has 0 aliphatic carbocycles. The van der Waals surface area contributed by atoms with E-state index in [0.717, 1.165) is 0 Å². The van der Waals surface area contributed by atoms with Gasteiger partial charge in [0.25, 0.3) is 5.91 Å². The zero-order valence-electron chi connectivity index (χ0n) is 17.6. The molecule has 1 aromatic rings. The molecule has 9 heteroatoms. The summed E-state index contributed by atoms with van der Waals surface area (Å²) in [5.74, 6) is 0.0958. The maximum atomic E-state index is 12.6. The number of amides is 2. The van der Waals surface area contributed by atoms with Gasteiger partial charge in [0.15, 0.2) is 0 Å². The second-order valence-electron chi connectivity index (χ2n) is 8.03. The molecular formula is C20H30ClN3O5. The maximum absolute atomic E-state index is 12.6. The minimum absolute atomic E-state index is 0.0536. The SMILES string of the molecule is COc1cc(N)c(Cl)cc1C(=O)NC[C@@H]1CCN(C(=O)OC(C)(C)C)C[C@@H]1OC. The Labute approximate surface area is 176 Å². The quantitative estimate of drug-likeness (QED) is 0.700. The van der Waals surface area contributed by atoms with Crippen LogP contribution in [0.2, 0.25) is 5.02 Å². The number of ether oxygens (including phenoxy) is 3. The van der Waals surface area contributed by atoms with E-state index in [1.807, 2.05) is 20.8 Å². The van der Waals surface area contributed by atoms with Gasteiger partial charge in [-0.05, 0) is 33.3 Å². The van der Waals surface area contributed by atoms with Crippen molar-refractivity contribution in [1.82, 2.24) is 10.2 Å². The minimum atomic E-state index is -0.552. The van der Waals surface area contributed by atoms with Crippen molar-refractivity contribution < 1.29 is 23.8 Å². The van der Waals surface area contributed by atoms with Gasteiger partial charge in [-0.25, -0.2) is 4.79 Å². The van der Waals surface area contributed by atoms with Crippen molar-refractivity contribution in [1.29, 1.82) is 0 Å². The molecule has 0 saturated carbocycles. The number of hydrogen-bond donors (Lipinski definition) is 2. The summed E-state index contributed by atoms with van der Waals surface area (Å²) in [6, 6.07) is 3.01. The summed E-state index contributed by atoms with van der Waals surface area (Å²) >= 11 is 6.04. The molecule has 8 nitrogen and oxygen atoms in total. The number of halogens is 1. The lowest BCUT2D eigenvalue weighted by molar-refractivity contribution is -0.0280. The van der Waals surface area contributed by atoms with Gasteiger partial charge in [-0.3, -0.25) is 4.79 Å². The average Bonchev–Trinajstić information content (AvgIpc) is 2.66. The lowest BCUT2D eigenvalue weighted by atomic mass is 9.93. The molecule has 0 unspecified atom stereocenters. The predicted octanol–water partition coefficient (Wildman–Crippen LogP) is 2.93. The zero-order chi connectivity index (χ0) is 21.8. The summed E-state index contributed by atoms with van der Waals surface area (Å²) < 4.78 is 16.2. The first-order valence-electron chi connectivity index (χ1n) is 9.47. The second-order valence-corrected chi connectivity index (χ2v) is 8.44. The van der Waals surface area contributed by atoms with Gasteiger partial charge in [-0.15, -0.1) is 0 Å². The van der Waals surface area contributed by atoms with E-state index in [4.69, 9.17) is 31.5 Å². The van der Waals surface area contributed by atoms with E-state index < -0.39 is 5.60 Å². The Kier molecular flexibility index (Phi) is 7.60. The number of likely N-dealkylation sites (tertiary alicyclic amines) is 1. The van der Waals surface area contributed by atoms with Gasteiger partial charge in [0.05, 0.1) is 36.0 Å². The number of nitrogens with one attached hydrogen (secondary N) is 1. The van der Waals surface area contributed by atoms with E-state index in [-0.39, 0.29) is 29.0 Å². The summed E-state index contributed by atoms with van der Waals surface area (Å²) in [4.78, 5) is 26.6. The molecule has 1 heterocycles. The van der Waals surface area contributed by atoms with Crippen molar-refractivity contribution in [2.75, 3.05) is 39.6 Å². The number of methoxy groups -OCH3 is 2. The Morgan fingerprint density at radius 2 is 2.00 bits per heavy atom. The minimum Gasteiger partial charge on any atom is -0.496 e. The summed E-state index contributed by atoms with van der Waals surface area (Å²) in [7, 11) is 3.06. The van der Waals surface area contributed by atoms with Gasteiger partial charge >= 0.3 is 6.09 Å². The number of nitrogens with zero attached hydrogens (tertiary/aromatic N) is 1. The Morgan fingerprint density at radius 1 is 1.31 bits per heavy atom. The van der Waals surface area contributed by atoms with Gasteiger partial charge < -0.3 is 30.2 Å². The number of benzene rings is 1. The van der Waals surface area contributed by atoms with Gasteiger partial charge in [0, 0.05) is 32.2 Å². The third-order valence-electron chi connectivity index (χ3n) is 4.74. The van der Waals surface area contributed by atoms with E-state index in [2.05, 4.69) is 5.32 Å². The van der Waals surface area contributed by atoms with Crippen LogP contribution in [0.25, 0.3) is 0 Å². The van der Waals surface area contributed by atoms with Gasteiger partial charge in [0.1, 0.15) is 11.4 Å². The van der Waals surface area contributed by atoms with Crippen LogP contribution in [-0.4, -0.2) is 62.5 Å². The highest BCUT2D eigenvalue weighted by Gasteiger charge is 2.34. The first-order valence-corrected chi connectivity index (χ1v) is 9.85.